The van der Waals surface area contributed by atoms with Crippen molar-refractivity contribution in [1.82, 2.24) is 0 Å². The van der Waals surface area contributed by atoms with Crippen LogP contribution in [0.25, 0.3) is 0 Å². The highest BCUT2D eigenvalue weighted by Gasteiger charge is 2.44. The maximum Gasteiger partial charge on any atom is 0.271 e. The van der Waals surface area contributed by atoms with Gasteiger partial charge in [-0.05, 0) is 47.9 Å². The molecule has 0 saturated carbocycles. The zero-order valence-electron chi connectivity index (χ0n) is 22.4. The van der Waals surface area contributed by atoms with Gasteiger partial charge in [-0.25, -0.2) is 0 Å². The van der Waals surface area contributed by atoms with E-state index in [4.69, 9.17) is 5.73 Å². The number of carbonyl (C=O) groups excluding carboxylic acids is 1. The van der Waals surface area contributed by atoms with Gasteiger partial charge in [0, 0.05) is 39.6 Å². The number of nitrogens with two attached hydrogens (primary N) is 1. The molecule has 0 saturated heterocycles. The molecule has 0 bridgehead atoms. The Balaban J connectivity index is 1.76. The lowest BCUT2D eigenvalue weighted by Gasteiger charge is -2.41. The Morgan fingerprint density at radius 3 is 2.44 bits per heavy atom. The van der Waals surface area contributed by atoms with Crippen LogP contribution in [0.15, 0.2) is 83.3 Å². The summed E-state index contributed by atoms with van der Waals surface area (Å²) in [6.07, 6.45) is 0.831. The van der Waals surface area contributed by atoms with Crippen molar-refractivity contribution in [1.29, 1.82) is 5.26 Å². The molecule has 0 unspecified atom stereocenters. The van der Waals surface area contributed by atoms with E-state index in [-0.39, 0.29) is 34.2 Å². The summed E-state index contributed by atoms with van der Waals surface area (Å²) >= 11 is 1.59. The molecule has 2 atom stereocenters. The summed E-state index contributed by atoms with van der Waals surface area (Å²) in [6, 6.07) is 20.8. The Bertz CT molecular complexity index is 1590. The number of nitro benzene ring substituents is 1. The van der Waals surface area contributed by atoms with E-state index >= 15 is 0 Å². The molecule has 2 heterocycles. The third-order valence-electron chi connectivity index (χ3n) is 7.53. The lowest BCUT2D eigenvalue weighted by atomic mass is 9.73. The summed E-state index contributed by atoms with van der Waals surface area (Å²) in [5.41, 5.74) is 10.5. The van der Waals surface area contributed by atoms with E-state index in [1.165, 1.54) is 12.1 Å². The first-order chi connectivity index (χ1) is 18.5. The first-order valence-electron chi connectivity index (χ1n) is 12.9. The van der Waals surface area contributed by atoms with Crippen molar-refractivity contribution < 1.29 is 9.72 Å². The standard InChI is InChI=1S/C31H30N4O3S/c1-18-10-11-21(35(37)38)16-23(18)34-24-14-20(19-8-6-5-7-9-19)15-25(36)29(24)28(22(17-32)30(34)33)26-12-13-27(39-26)31(2,3)4/h5-13,16,20,28H,14-15,33H2,1-4H3/t20-,28-/m0/s1. The summed E-state index contributed by atoms with van der Waals surface area (Å²) in [5, 5.41) is 22.1. The number of hydrogen-bond acceptors (Lipinski definition) is 7. The molecular weight excluding hydrogens is 508 g/mol. The van der Waals surface area contributed by atoms with Crippen LogP contribution in [0.1, 0.15) is 66.3 Å². The predicted octanol–water partition coefficient (Wildman–Crippen LogP) is 6.96. The van der Waals surface area contributed by atoms with Crippen molar-refractivity contribution >= 4 is 28.5 Å². The van der Waals surface area contributed by atoms with Gasteiger partial charge in [0.25, 0.3) is 5.69 Å². The molecule has 3 aromatic rings. The Morgan fingerprint density at radius 2 is 1.82 bits per heavy atom. The summed E-state index contributed by atoms with van der Waals surface area (Å²) < 4.78 is 0. The summed E-state index contributed by atoms with van der Waals surface area (Å²) in [6.45, 7) is 8.24. The van der Waals surface area contributed by atoms with Crippen molar-refractivity contribution in [3.8, 4) is 6.07 Å². The molecule has 0 spiro atoms. The van der Waals surface area contributed by atoms with Crippen LogP contribution < -0.4 is 10.6 Å². The van der Waals surface area contributed by atoms with Gasteiger partial charge in [0.05, 0.1) is 28.2 Å². The second-order valence-electron chi connectivity index (χ2n) is 11.2. The second-order valence-corrected chi connectivity index (χ2v) is 12.3. The van der Waals surface area contributed by atoms with Gasteiger partial charge < -0.3 is 5.73 Å². The highest BCUT2D eigenvalue weighted by molar-refractivity contribution is 7.12. The number of benzene rings is 2. The monoisotopic (exact) mass is 538 g/mol. The van der Waals surface area contributed by atoms with E-state index in [1.807, 2.05) is 43.3 Å². The molecular formula is C31H30N4O3S. The molecule has 5 rings (SSSR count). The van der Waals surface area contributed by atoms with Gasteiger partial charge >= 0.3 is 0 Å². The Hall–Kier alpha value is -4.22. The van der Waals surface area contributed by atoms with Crippen LogP contribution in [-0.4, -0.2) is 10.7 Å². The average molecular weight is 539 g/mol. The van der Waals surface area contributed by atoms with Gasteiger partial charge in [-0.3, -0.25) is 19.8 Å². The number of Topliss-reactive ketones (excluding diaryl/α,β-unsaturated/α-hetero) is 1. The van der Waals surface area contributed by atoms with Gasteiger partial charge in [0.2, 0.25) is 0 Å². The molecule has 1 aliphatic carbocycles. The third kappa shape index (κ3) is 4.64. The van der Waals surface area contributed by atoms with E-state index in [9.17, 15) is 20.2 Å². The van der Waals surface area contributed by atoms with E-state index in [0.717, 1.165) is 20.9 Å². The maximum atomic E-state index is 14.0. The molecule has 0 radical (unpaired) electrons. The van der Waals surface area contributed by atoms with Crippen LogP contribution >= 0.6 is 11.3 Å². The highest BCUT2D eigenvalue weighted by Crippen LogP contribution is 2.51. The first-order valence-corrected chi connectivity index (χ1v) is 13.7. The molecule has 198 valence electrons. The number of allylic oxidation sites excluding steroid dienone is 3. The molecule has 1 aromatic heterocycles. The SMILES string of the molecule is Cc1ccc([N+](=O)[O-])cc1N1C(N)=C(C#N)[C@@H](c2ccc(C(C)(C)C)s2)C2=C1C[C@H](c1ccccc1)CC2=O. The first kappa shape index (κ1) is 26.4. The van der Waals surface area contributed by atoms with Crippen molar-refractivity contribution in [2.24, 2.45) is 5.73 Å². The minimum Gasteiger partial charge on any atom is -0.384 e. The average Bonchev–Trinajstić information content (AvgIpc) is 3.40. The summed E-state index contributed by atoms with van der Waals surface area (Å²) in [4.78, 5) is 29.0. The number of ketones is 1. The lowest BCUT2D eigenvalue weighted by Crippen LogP contribution is -2.40. The highest BCUT2D eigenvalue weighted by atomic mass is 32.1. The minimum absolute atomic E-state index is 0.0332. The van der Waals surface area contributed by atoms with Crippen LogP contribution in [0.3, 0.4) is 0 Å². The molecule has 2 aromatic carbocycles. The second kappa shape index (κ2) is 9.83. The number of aryl methyl sites for hydroxylation is 1. The van der Waals surface area contributed by atoms with Crippen LogP contribution in [-0.2, 0) is 10.2 Å². The molecule has 0 amide bonds. The molecule has 7 nitrogen and oxygen atoms in total. The molecule has 2 aliphatic rings. The quantitative estimate of drug-likeness (QED) is 0.284. The number of thiophene rings is 1. The van der Waals surface area contributed by atoms with Crippen LogP contribution in [0.2, 0.25) is 0 Å². The predicted molar refractivity (Wildman–Crippen MR) is 153 cm³/mol. The Morgan fingerprint density at radius 1 is 1.10 bits per heavy atom. The van der Waals surface area contributed by atoms with Gasteiger partial charge in [-0.1, -0.05) is 57.2 Å². The van der Waals surface area contributed by atoms with E-state index in [0.29, 0.717) is 29.8 Å². The molecule has 2 N–H and O–H groups in total. The zero-order chi connectivity index (χ0) is 28.1. The Labute approximate surface area is 232 Å². The number of non-ortho nitro benzene ring substituents is 1. The molecule has 8 heteroatoms. The number of hydrogen-bond donors (Lipinski definition) is 1. The maximum absolute atomic E-state index is 14.0. The fraction of sp³-hybridized carbons (Fsp3) is 0.290. The summed E-state index contributed by atoms with van der Waals surface area (Å²) in [7, 11) is 0. The normalized spacial score (nSPS) is 19.7. The number of anilines is 1. The van der Waals surface area contributed by atoms with Crippen LogP contribution in [0, 0.1) is 28.4 Å². The van der Waals surface area contributed by atoms with E-state index in [2.05, 4.69) is 32.9 Å². The zero-order valence-corrected chi connectivity index (χ0v) is 23.2. The summed E-state index contributed by atoms with van der Waals surface area (Å²) in [5.74, 6) is -0.485. The van der Waals surface area contributed by atoms with Gasteiger partial charge in [0.1, 0.15) is 5.82 Å². The van der Waals surface area contributed by atoms with Gasteiger partial charge in [0.15, 0.2) is 5.78 Å². The van der Waals surface area contributed by atoms with Crippen molar-refractivity contribution in [3.05, 3.63) is 114 Å². The third-order valence-corrected chi connectivity index (χ3v) is 9.11. The van der Waals surface area contributed by atoms with E-state index < -0.39 is 10.8 Å². The topological polar surface area (TPSA) is 113 Å². The molecule has 1 aliphatic heterocycles. The molecule has 39 heavy (non-hydrogen) atoms. The molecule has 0 fully saturated rings. The van der Waals surface area contributed by atoms with Crippen molar-refractivity contribution in [3.63, 3.8) is 0 Å². The largest absolute Gasteiger partial charge is 0.384 e. The fourth-order valence-corrected chi connectivity index (χ4v) is 6.70. The number of rotatable bonds is 4. The van der Waals surface area contributed by atoms with Crippen LogP contribution in [0.4, 0.5) is 11.4 Å². The Kier molecular flexibility index (Phi) is 6.65. The fourth-order valence-electron chi connectivity index (χ4n) is 5.51. The van der Waals surface area contributed by atoms with Gasteiger partial charge in [-0.2, -0.15) is 5.26 Å². The van der Waals surface area contributed by atoms with Gasteiger partial charge in [-0.15, -0.1) is 11.3 Å². The minimum atomic E-state index is -0.578. The number of nitriles is 1. The smallest absolute Gasteiger partial charge is 0.271 e. The van der Waals surface area contributed by atoms with Crippen molar-refractivity contribution in [2.75, 3.05) is 4.90 Å². The van der Waals surface area contributed by atoms with Crippen molar-refractivity contribution in [2.45, 2.75) is 57.8 Å². The van der Waals surface area contributed by atoms with E-state index in [1.54, 1.807) is 22.3 Å². The number of nitro groups is 1. The lowest BCUT2D eigenvalue weighted by molar-refractivity contribution is -0.384. The number of nitrogens with zero attached hydrogens (tertiary/aromatic N) is 3. The number of carbonyl (C=O) groups is 1. The van der Waals surface area contributed by atoms with Crippen LogP contribution in [0.5, 0.6) is 0 Å².